The fourth-order valence-corrected chi connectivity index (χ4v) is 2.32. The summed E-state index contributed by atoms with van der Waals surface area (Å²) < 4.78 is 1.49. The summed E-state index contributed by atoms with van der Waals surface area (Å²) in [4.78, 5) is 14.6. The molecule has 1 aromatic heterocycles. The van der Waals surface area contributed by atoms with Crippen molar-refractivity contribution in [3.05, 3.63) is 58.4 Å². The molecule has 3 N–H and O–H groups in total. The van der Waals surface area contributed by atoms with Gasteiger partial charge in [0.05, 0.1) is 18.0 Å². The number of aliphatic imine (C=N–C) groups is 1. The van der Waals surface area contributed by atoms with Gasteiger partial charge in [-0.15, -0.1) is 24.0 Å². The molecule has 0 aliphatic heterocycles. The topological polar surface area (TPSA) is 118 Å². The summed E-state index contributed by atoms with van der Waals surface area (Å²) >= 11 is 0. The van der Waals surface area contributed by atoms with Crippen LogP contribution in [-0.4, -0.2) is 45.4 Å². The lowest BCUT2D eigenvalue weighted by Gasteiger charge is -2.22. The predicted octanol–water partition coefficient (Wildman–Crippen LogP) is 1.87. The molecule has 0 aliphatic rings. The number of nitrogens with zero attached hydrogens (tertiary/aromatic N) is 4. The Labute approximate surface area is 175 Å². The fraction of sp³-hybridized carbons (Fsp3) is 0.412. The number of guanidine groups is 1. The number of hydrogen-bond acceptors (Lipinski definition) is 5. The van der Waals surface area contributed by atoms with E-state index in [4.69, 9.17) is 0 Å². The Hall–Kier alpha value is -2.21. The molecule has 0 amide bonds. The number of benzene rings is 1. The van der Waals surface area contributed by atoms with Crippen LogP contribution in [0.4, 0.5) is 5.69 Å². The van der Waals surface area contributed by atoms with Crippen LogP contribution >= 0.6 is 24.0 Å². The van der Waals surface area contributed by atoms with Crippen molar-refractivity contribution in [1.82, 2.24) is 20.4 Å². The Kier molecular flexibility index (Phi) is 9.15. The molecule has 1 unspecified atom stereocenters. The van der Waals surface area contributed by atoms with Gasteiger partial charge in [0.1, 0.15) is 18.0 Å². The van der Waals surface area contributed by atoms with Crippen LogP contribution in [0.15, 0.2) is 47.7 Å². The van der Waals surface area contributed by atoms with E-state index in [1.807, 2.05) is 37.3 Å². The average molecular weight is 488 g/mol. The fourth-order valence-electron chi connectivity index (χ4n) is 2.32. The molecule has 1 aromatic carbocycles. The highest BCUT2D eigenvalue weighted by Gasteiger charge is 2.22. The third-order valence-electron chi connectivity index (χ3n) is 3.75. The first-order valence-corrected chi connectivity index (χ1v) is 8.39. The smallest absolute Gasteiger partial charge is 0.306 e. The zero-order valence-corrected chi connectivity index (χ0v) is 17.7. The number of halogens is 1. The summed E-state index contributed by atoms with van der Waals surface area (Å²) in [6.07, 6.45) is 2.60. The molecule has 0 aliphatic carbocycles. The molecule has 0 spiro atoms. The van der Waals surface area contributed by atoms with Crippen LogP contribution in [-0.2, 0) is 12.1 Å². The second kappa shape index (κ2) is 10.8. The minimum Gasteiger partial charge on any atom is -0.384 e. The van der Waals surface area contributed by atoms with Gasteiger partial charge in [-0.1, -0.05) is 30.3 Å². The lowest BCUT2D eigenvalue weighted by molar-refractivity contribution is -0.385. The number of nitrogens with one attached hydrogen (secondary N) is 2. The Morgan fingerprint density at radius 3 is 2.67 bits per heavy atom. The number of aliphatic hydroxyl groups is 1. The van der Waals surface area contributed by atoms with Gasteiger partial charge in [0.25, 0.3) is 0 Å². The van der Waals surface area contributed by atoms with Gasteiger partial charge >= 0.3 is 5.69 Å². The van der Waals surface area contributed by atoms with E-state index in [1.165, 1.54) is 17.1 Å². The maximum Gasteiger partial charge on any atom is 0.306 e. The first-order valence-electron chi connectivity index (χ1n) is 8.39. The quantitative estimate of drug-likeness (QED) is 0.172. The van der Waals surface area contributed by atoms with Crippen molar-refractivity contribution in [3.63, 3.8) is 0 Å². The molecule has 1 heterocycles. The van der Waals surface area contributed by atoms with Crippen molar-refractivity contribution in [2.45, 2.75) is 26.0 Å². The van der Waals surface area contributed by atoms with Crippen LogP contribution in [0.2, 0.25) is 0 Å². The van der Waals surface area contributed by atoms with Crippen molar-refractivity contribution in [2.24, 2.45) is 4.99 Å². The highest BCUT2D eigenvalue weighted by Crippen LogP contribution is 2.20. The van der Waals surface area contributed by atoms with Gasteiger partial charge in [0.15, 0.2) is 5.96 Å². The standard InChI is InChI=1S/C17H24N6O3.HI/c1-3-18-16(19-9-10-22-12-15(11-21-22)23(25)26)20-13-17(2,24)14-7-5-4-6-8-14;/h4-8,11-12,24H,3,9-10,13H2,1-2H3,(H2,18,19,20);1H. The van der Waals surface area contributed by atoms with E-state index in [9.17, 15) is 15.2 Å². The van der Waals surface area contributed by atoms with E-state index in [0.717, 1.165) is 5.56 Å². The van der Waals surface area contributed by atoms with Crippen LogP contribution in [0.25, 0.3) is 0 Å². The number of nitro groups is 1. The maximum atomic E-state index is 10.7. The van der Waals surface area contributed by atoms with Gasteiger partial charge in [-0.25, -0.2) is 4.99 Å². The SMILES string of the molecule is CCNC(=NCC(C)(O)c1ccccc1)NCCn1cc([N+](=O)[O-])cn1.I. The molecule has 0 saturated heterocycles. The molecule has 2 aromatic rings. The average Bonchev–Trinajstić information content (AvgIpc) is 3.10. The molecule has 0 bridgehead atoms. The molecule has 1 atom stereocenters. The monoisotopic (exact) mass is 488 g/mol. The Balaban J connectivity index is 0.00000364. The lowest BCUT2D eigenvalue weighted by Crippen LogP contribution is -2.40. The van der Waals surface area contributed by atoms with Crippen molar-refractivity contribution >= 4 is 35.6 Å². The summed E-state index contributed by atoms with van der Waals surface area (Å²) in [5.41, 5.74) is -0.320. The van der Waals surface area contributed by atoms with Gasteiger partial charge < -0.3 is 15.7 Å². The minimum atomic E-state index is -1.08. The van der Waals surface area contributed by atoms with Crippen molar-refractivity contribution in [1.29, 1.82) is 0 Å². The summed E-state index contributed by atoms with van der Waals surface area (Å²) in [6, 6.07) is 9.37. The van der Waals surface area contributed by atoms with Crippen molar-refractivity contribution in [2.75, 3.05) is 19.6 Å². The highest BCUT2D eigenvalue weighted by atomic mass is 127. The van der Waals surface area contributed by atoms with Crippen molar-refractivity contribution in [3.8, 4) is 0 Å². The van der Waals surface area contributed by atoms with Crippen LogP contribution in [0.1, 0.15) is 19.4 Å². The zero-order chi connectivity index (χ0) is 19.0. The first kappa shape index (κ1) is 22.8. The maximum absolute atomic E-state index is 10.7. The molecule has 0 radical (unpaired) electrons. The third kappa shape index (κ3) is 7.13. The van der Waals surface area contributed by atoms with Crippen LogP contribution < -0.4 is 10.6 Å². The Bertz CT molecular complexity index is 748. The van der Waals surface area contributed by atoms with Gasteiger partial charge in [0, 0.05) is 13.1 Å². The van der Waals surface area contributed by atoms with E-state index in [1.54, 1.807) is 6.92 Å². The summed E-state index contributed by atoms with van der Waals surface area (Å²) in [7, 11) is 0. The van der Waals surface area contributed by atoms with E-state index >= 15 is 0 Å². The normalized spacial score (nSPS) is 13.4. The van der Waals surface area contributed by atoms with Gasteiger partial charge in [-0.05, 0) is 19.4 Å². The molecule has 0 saturated carbocycles. The molecular formula is C17H25IN6O3. The largest absolute Gasteiger partial charge is 0.384 e. The second-order valence-corrected chi connectivity index (χ2v) is 5.98. The molecule has 2 rings (SSSR count). The van der Waals surface area contributed by atoms with Crippen LogP contribution in [0, 0.1) is 10.1 Å². The van der Waals surface area contributed by atoms with Gasteiger partial charge in [0.2, 0.25) is 0 Å². The zero-order valence-electron chi connectivity index (χ0n) is 15.3. The third-order valence-corrected chi connectivity index (χ3v) is 3.75. The van der Waals surface area contributed by atoms with E-state index < -0.39 is 10.5 Å². The summed E-state index contributed by atoms with van der Waals surface area (Å²) in [5, 5.41) is 31.5. The molecule has 27 heavy (non-hydrogen) atoms. The lowest BCUT2D eigenvalue weighted by atomic mass is 9.96. The number of rotatable bonds is 8. The second-order valence-electron chi connectivity index (χ2n) is 5.98. The van der Waals surface area contributed by atoms with Gasteiger partial charge in [-0.2, -0.15) is 5.10 Å². The molecule has 9 nitrogen and oxygen atoms in total. The molecule has 10 heteroatoms. The predicted molar refractivity (Wildman–Crippen MR) is 114 cm³/mol. The molecular weight excluding hydrogens is 463 g/mol. The number of aromatic nitrogens is 2. The Morgan fingerprint density at radius 2 is 2.07 bits per heavy atom. The molecule has 0 fully saturated rings. The Morgan fingerprint density at radius 1 is 1.37 bits per heavy atom. The highest BCUT2D eigenvalue weighted by molar-refractivity contribution is 14.0. The summed E-state index contributed by atoms with van der Waals surface area (Å²) in [6.45, 7) is 5.47. The van der Waals surface area contributed by atoms with E-state index in [-0.39, 0.29) is 36.2 Å². The molecule has 148 valence electrons. The van der Waals surface area contributed by atoms with Crippen molar-refractivity contribution < 1.29 is 10.0 Å². The minimum absolute atomic E-state index is 0. The van der Waals surface area contributed by atoms with E-state index in [0.29, 0.717) is 25.6 Å². The number of hydrogen-bond donors (Lipinski definition) is 3. The van der Waals surface area contributed by atoms with Crippen LogP contribution in [0.5, 0.6) is 0 Å². The van der Waals surface area contributed by atoms with E-state index in [2.05, 4.69) is 20.7 Å². The first-order chi connectivity index (χ1) is 12.4. The van der Waals surface area contributed by atoms with Crippen LogP contribution in [0.3, 0.4) is 0 Å². The summed E-state index contributed by atoms with van der Waals surface area (Å²) in [5.74, 6) is 0.561. The van der Waals surface area contributed by atoms with Gasteiger partial charge in [-0.3, -0.25) is 14.8 Å².